The third-order valence-electron chi connectivity index (χ3n) is 2.59. The Balaban J connectivity index is 2.24. The van der Waals surface area contributed by atoms with Crippen molar-refractivity contribution in [2.24, 2.45) is 0 Å². The predicted octanol–water partition coefficient (Wildman–Crippen LogP) is 5.23. The molecule has 0 saturated heterocycles. The molecule has 1 N–H and O–H groups in total. The van der Waals surface area contributed by atoms with Gasteiger partial charge in [0.25, 0.3) is 0 Å². The largest absolute Gasteiger partial charge is 0.478 e. The molecule has 2 rings (SSSR count). The Labute approximate surface area is 133 Å². The molecule has 0 aliphatic rings. The Kier molecular flexibility index (Phi) is 5.07. The van der Waals surface area contributed by atoms with Gasteiger partial charge in [0.2, 0.25) is 0 Å². The molecule has 2 nitrogen and oxygen atoms in total. The van der Waals surface area contributed by atoms with Crippen molar-refractivity contribution in [3.63, 3.8) is 0 Å². The molecule has 0 bridgehead atoms. The smallest absolute Gasteiger partial charge is 0.336 e. The highest BCUT2D eigenvalue weighted by Crippen LogP contribution is 2.31. The molecule has 0 fully saturated rings. The fraction of sp³-hybridized carbons (Fsp3) is 0.0714. The van der Waals surface area contributed by atoms with E-state index in [1.165, 1.54) is 23.9 Å². The Bertz CT molecular complexity index is 664. The van der Waals surface area contributed by atoms with Crippen LogP contribution in [0.3, 0.4) is 0 Å². The molecule has 0 aliphatic heterocycles. The van der Waals surface area contributed by atoms with Gasteiger partial charge in [0, 0.05) is 15.1 Å². The fourth-order valence-corrected chi connectivity index (χ4v) is 3.37. The van der Waals surface area contributed by atoms with Crippen LogP contribution in [-0.2, 0) is 5.75 Å². The van der Waals surface area contributed by atoms with Crippen molar-refractivity contribution in [2.75, 3.05) is 0 Å². The maximum absolute atomic E-state index is 13.8. The number of carboxylic acid groups (broad SMARTS) is 1. The van der Waals surface area contributed by atoms with Crippen LogP contribution in [0.1, 0.15) is 15.9 Å². The van der Waals surface area contributed by atoms with Gasteiger partial charge in [-0.15, -0.1) is 11.8 Å². The van der Waals surface area contributed by atoms with Crippen LogP contribution in [-0.4, -0.2) is 11.1 Å². The first kappa shape index (κ1) is 15.4. The summed E-state index contributed by atoms with van der Waals surface area (Å²) in [4.78, 5) is 11.7. The third-order valence-corrected chi connectivity index (χ3v) is 4.48. The summed E-state index contributed by atoms with van der Waals surface area (Å²) >= 11 is 10.3. The van der Waals surface area contributed by atoms with E-state index < -0.39 is 11.8 Å². The van der Waals surface area contributed by atoms with Gasteiger partial charge in [-0.2, -0.15) is 0 Å². The van der Waals surface area contributed by atoms with Gasteiger partial charge in [-0.3, -0.25) is 0 Å². The highest BCUT2D eigenvalue weighted by atomic mass is 79.9. The van der Waals surface area contributed by atoms with Gasteiger partial charge in [-0.25, -0.2) is 9.18 Å². The number of carbonyl (C=O) groups is 1. The highest BCUT2D eigenvalue weighted by Gasteiger charge is 2.13. The average Bonchev–Trinajstić information content (AvgIpc) is 2.40. The molecule has 2 aromatic carbocycles. The number of rotatable bonds is 4. The zero-order valence-electron chi connectivity index (χ0n) is 10.1. The molecule has 0 spiro atoms. The lowest BCUT2D eigenvalue weighted by molar-refractivity contribution is 0.0693. The Morgan fingerprint density at radius 2 is 2.10 bits per heavy atom. The van der Waals surface area contributed by atoms with E-state index in [2.05, 4.69) is 15.9 Å². The van der Waals surface area contributed by atoms with Crippen molar-refractivity contribution in [1.29, 1.82) is 0 Å². The summed E-state index contributed by atoms with van der Waals surface area (Å²) in [6.45, 7) is 0. The van der Waals surface area contributed by atoms with Crippen molar-refractivity contribution in [1.82, 2.24) is 0 Å². The summed E-state index contributed by atoms with van der Waals surface area (Å²) in [5.41, 5.74) is 0.638. The van der Waals surface area contributed by atoms with Gasteiger partial charge in [0.05, 0.1) is 10.6 Å². The van der Waals surface area contributed by atoms with Gasteiger partial charge in [-0.05, 0) is 29.8 Å². The second kappa shape index (κ2) is 6.61. The van der Waals surface area contributed by atoms with E-state index in [1.807, 2.05) is 0 Å². The van der Waals surface area contributed by atoms with Crippen LogP contribution in [0, 0.1) is 5.82 Å². The van der Waals surface area contributed by atoms with E-state index in [9.17, 15) is 9.18 Å². The summed E-state index contributed by atoms with van der Waals surface area (Å²) in [7, 11) is 0. The first-order chi connectivity index (χ1) is 9.49. The SMILES string of the molecule is O=C(O)c1ccc(Br)cc1SCc1cccc(Cl)c1F. The summed E-state index contributed by atoms with van der Waals surface area (Å²) in [6, 6.07) is 9.66. The molecule has 0 heterocycles. The van der Waals surface area contributed by atoms with Gasteiger partial charge in [0.1, 0.15) is 5.82 Å². The maximum Gasteiger partial charge on any atom is 0.336 e. The van der Waals surface area contributed by atoms with E-state index >= 15 is 0 Å². The first-order valence-electron chi connectivity index (χ1n) is 5.57. The van der Waals surface area contributed by atoms with Crippen LogP contribution in [0.25, 0.3) is 0 Å². The minimum absolute atomic E-state index is 0.0656. The topological polar surface area (TPSA) is 37.3 Å². The normalized spacial score (nSPS) is 10.6. The Morgan fingerprint density at radius 1 is 1.35 bits per heavy atom. The molecule has 0 aliphatic carbocycles. The lowest BCUT2D eigenvalue weighted by Crippen LogP contribution is -1.99. The number of carboxylic acids is 1. The summed E-state index contributed by atoms with van der Waals surface area (Å²) in [6.07, 6.45) is 0. The third kappa shape index (κ3) is 3.53. The standard InChI is InChI=1S/C14H9BrClFO2S/c15-9-4-5-10(14(18)19)12(6-9)20-7-8-2-1-3-11(16)13(8)17/h1-6H,7H2,(H,18,19). The lowest BCUT2D eigenvalue weighted by Gasteiger charge is -2.08. The average molecular weight is 376 g/mol. The van der Waals surface area contributed by atoms with Crippen LogP contribution in [0.4, 0.5) is 4.39 Å². The molecular weight excluding hydrogens is 367 g/mol. The molecule has 104 valence electrons. The van der Waals surface area contributed by atoms with E-state index in [1.54, 1.807) is 24.3 Å². The zero-order valence-corrected chi connectivity index (χ0v) is 13.2. The van der Waals surface area contributed by atoms with Crippen LogP contribution in [0.5, 0.6) is 0 Å². The number of thioether (sulfide) groups is 1. The molecule has 20 heavy (non-hydrogen) atoms. The summed E-state index contributed by atoms with van der Waals surface area (Å²) in [5, 5.41) is 9.19. The molecule has 0 aromatic heterocycles. The molecule has 0 radical (unpaired) electrons. The van der Waals surface area contributed by atoms with Gasteiger partial charge >= 0.3 is 5.97 Å². The number of hydrogen-bond donors (Lipinski definition) is 1. The summed E-state index contributed by atoms with van der Waals surface area (Å²) < 4.78 is 14.5. The molecular formula is C14H9BrClFO2S. The molecule has 6 heteroatoms. The first-order valence-corrected chi connectivity index (χ1v) is 7.73. The Morgan fingerprint density at radius 3 is 2.80 bits per heavy atom. The number of hydrogen-bond acceptors (Lipinski definition) is 2. The van der Waals surface area contributed by atoms with Crippen LogP contribution in [0.15, 0.2) is 45.8 Å². The van der Waals surface area contributed by atoms with E-state index in [4.69, 9.17) is 16.7 Å². The second-order valence-electron chi connectivity index (χ2n) is 3.95. The van der Waals surface area contributed by atoms with Crippen molar-refractivity contribution in [2.45, 2.75) is 10.6 Å². The minimum Gasteiger partial charge on any atom is -0.478 e. The number of benzene rings is 2. The van der Waals surface area contributed by atoms with E-state index in [0.717, 1.165) is 4.47 Å². The van der Waals surface area contributed by atoms with Gasteiger partial charge in [0.15, 0.2) is 0 Å². The Hall–Kier alpha value is -1.04. The molecule has 2 aromatic rings. The minimum atomic E-state index is -1.01. The van der Waals surface area contributed by atoms with Gasteiger partial charge < -0.3 is 5.11 Å². The van der Waals surface area contributed by atoms with Crippen molar-refractivity contribution < 1.29 is 14.3 Å². The van der Waals surface area contributed by atoms with Gasteiger partial charge in [-0.1, -0.05) is 39.7 Å². The quantitative estimate of drug-likeness (QED) is 0.743. The molecule has 0 amide bonds. The second-order valence-corrected chi connectivity index (χ2v) is 6.29. The predicted molar refractivity (Wildman–Crippen MR) is 82.1 cm³/mol. The van der Waals surface area contributed by atoms with E-state index in [-0.39, 0.29) is 10.6 Å². The number of halogens is 3. The zero-order chi connectivity index (χ0) is 14.7. The van der Waals surface area contributed by atoms with Crippen molar-refractivity contribution >= 4 is 45.3 Å². The monoisotopic (exact) mass is 374 g/mol. The molecule has 0 unspecified atom stereocenters. The fourth-order valence-electron chi connectivity index (χ4n) is 1.61. The maximum atomic E-state index is 13.8. The molecule has 0 atom stereocenters. The van der Waals surface area contributed by atoms with E-state index in [0.29, 0.717) is 16.2 Å². The molecule has 0 saturated carbocycles. The van der Waals surface area contributed by atoms with Crippen LogP contribution in [0.2, 0.25) is 5.02 Å². The summed E-state index contributed by atoms with van der Waals surface area (Å²) in [5.74, 6) is -1.16. The van der Waals surface area contributed by atoms with Crippen molar-refractivity contribution in [3.05, 3.63) is 62.8 Å². The number of aromatic carboxylic acids is 1. The van der Waals surface area contributed by atoms with Crippen LogP contribution >= 0.6 is 39.3 Å². The van der Waals surface area contributed by atoms with Crippen LogP contribution < -0.4 is 0 Å². The lowest BCUT2D eigenvalue weighted by atomic mass is 10.2. The van der Waals surface area contributed by atoms with Crippen molar-refractivity contribution in [3.8, 4) is 0 Å². The highest BCUT2D eigenvalue weighted by molar-refractivity contribution is 9.10.